The molecule has 0 saturated carbocycles. The van der Waals surface area contributed by atoms with E-state index in [9.17, 15) is 4.39 Å². The van der Waals surface area contributed by atoms with Gasteiger partial charge in [-0.15, -0.1) is 0 Å². The quantitative estimate of drug-likeness (QED) is 0.668. The van der Waals surface area contributed by atoms with Crippen molar-refractivity contribution in [1.29, 1.82) is 0 Å². The molecule has 0 aliphatic rings. The minimum atomic E-state index is -0.295. The first-order chi connectivity index (χ1) is 8.25. The van der Waals surface area contributed by atoms with Gasteiger partial charge in [-0.3, -0.25) is 0 Å². The van der Waals surface area contributed by atoms with E-state index in [0.717, 1.165) is 14.7 Å². The molecule has 0 amide bonds. The Labute approximate surface area is 111 Å². The second kappa shape index (κ2) is 4.10. The van der Waals surface area contributed by atoms with Crippen LogP contribution in [0.2, 0.25) is 0 Å². The molecule has 1 heterocycles. The number of aromatic nitrogens is 2. The van der Waals surface area contributed by atoms with Crippen LogP contribution in [0.4, 0.5) is 4.39 Å². The highest BCUT2D eigenvalue weighted by Crippen LogP contribution is 2.25. The summed E-state index contributed by atoms with van der Waals surface area (Å²) in [5, 5.41) is 0. The van der Waals surface area contributed by atoms with Crippen molar-refractivity contribution in [2.24, 2.45) is 0 Å². The molecule has 0 unspecified atom stereocenters. The molecule has 1 aromatic heterocycles. The molecule has 84 valence electrons. The molecule has 0 aliphatic heterocycles. The van der Waals surface area contributed by atoms with Gasteiger partial charge in [-0.2, -0.15) is 0 Å². The Hall–Kier alpha value is -1.43. The molecule has 17 heavy (non-hydrogen) atoms. The standard InChI is InChI=1S/C13H8FIN2/c14-9-5-3-7-11-12(9)17-13(16-11)8-4-1-2-6-10(8)15/h1-7H,(H,16,17). The summed E-state index contributed by atoms with van der Waals surface area (Å²) in [5.41, 5.74) is 2.10. The predicted molar refractivity (Wildman–Crippen MR) is 74.2 cm³/mol. The van der Waals surface area contributed by atoms with E-state index in [4.69, 9.17) is 0 Å². The Kier molecular flexibility index (Phi) is 2.58. The number of imidazole rings is 1. The predicted octanol–water partition coefficient (Wildman–Crippen LogP) is 3.97. The fraction of sp³-hybridized carbons (Fsp3) is 0. The van der Waals surface area contributed by atoms with Crippen molar-refractivity contribution in [3.63, 3.8) is 0 Å². The van der Waals surface area contributed by atoms with Gasteiger partial charge in [-0.1, -0.05) is 24.3 Å². The zero-order valence-corrected chi connectivity index (χ0v) is 10.9. The molecule has 2 nitrogen and oxygen atoms in total. The molecule has 2 aromatic carbocycles. The number of hydrogen-bond acceptors (Lipinski definition) is 1. The van der Waals surface area contributed by atoms with Gasteiger partial charge >= 0.3 is 0 Å². The molecule has 4 heteroatoms. The van der Waals surface area contributed by atoms with Gasteiger partial charge in [0.2, 0.25) is 0 Å². The third-order valence-corrected chi connectivity index (χ3v) is 3.53. The Morgan fingerprint density at radius 3 is 2.65 bits per heavy atom. The fourth-order valence-electron chi connectivity index (χ4n) is 1.78. The number of nitrogens with one attached hydrogen (secondary N) is 1. The van der Waals surface area contributed by atoms with E-state index in [1.165, 1.54) is 6.07 Å². The molecule has 0 saturated heterocycles. The summed E-state index contributed by atoms with van der Waals surface area (Å²) in [6.45, 7) is 0. The molecule has 3 aromatic rings. The van der Waals surface area contributed by atoms with Gasteiger partial charge in [-0.25, -0.2) is 9.37 Å². The number of rotatable bonds is 1. The van der Waals surface area contributed by atoms with Crippen LogP contribution in [-0.2, 0) is 0 Å². The first kappa shape index (κ1) is 10.7. The molecule has 0 fully saturated rings. The lowest BCUT2D eigenvalue weighted by molar-refractivity contribution is 0.637. The smallest absolute Gasteiger partial charge is 0.151 e. The maximum Gasteiger partial charge on any atom is 0.151 e. The van der Waals surface area contributed by atoms with Crippen LogP contribution in [0, 0.1) is 9.39 Å². The molecule has 0 radical (unpaired) electrons. The minimum Gasteiger partial charge on any atom is -0.338 e. The van der Waals surface area contributed by atoms with Gasteiger partial charge < -0.3 is 4.98 Å². The normalized spacial score (nSPS) is 10.9. The first-order valence-electron chi connectivity index (χ1n) is 5.15. The van der Waals surface area contributed by atoms with Crippen molar-refractivity contribution in [2.75, 3.05) is 0 Å². The summed E-state index contributed by atoms with van der Waals surface area (Å²) in [6, 6.07) is 12.8. The fourth-order valence-corrected chi connectivity index (χ4v) is 2.42. The summed E-state index contributed by atoms with van der Waals surface area (Å²) in [7, 11) is 0. The van der Waals surface area contributed by atoms with Crippen LogP contribution in [0.1, 0.15) is 0 Å². The molecular formula is C13H8FIN2. The van der Waals surface area contributed by atoms with Crippen molar-refractivity contribution in [1.82, 2.24) is 9.97 Å². The van der Waals surface area contributed by atoms with Gasteiger partial charge in [0.15, 0.2) is 5.82 Å². The Balaban J connectivity index is 2.26. The Morgan fingerprint density at radius 2 is 1.88 bits per heavy atom. The lowest BCUT2D eigenvalue weighted by atomic mass is 10.2. The van der Waals surface area contributed by atoms with E-state index in [1.807, 2.05) is 30.3 Å². The second-order valence-corrected chi connectivity index (χ2v) is 4.86. The molecular weight excluding hydrogens is 330 g/mol. The number of halogens is 2. The summed E-state index contributed by atoms with van der Waals surface area (Å²) in [6.07, 6.45) is 0. The number of benzene rings is 2. The van der Waals surface area contributed by atoms with Crippen LogP contribution in [0.5, 0.6) is 0 Å². The maximum atomic E-state index is 13.5. The molecule has 3 rings (SSSR count). The zero-order valence-electron chi connectivity index (χ0n) is 8.74. The van der Waals surface area contributed by atoms with Crippen molar-refractivity contribution in [3.05, 3.63) is 51.9 Å². The highest BCUT2D eigenvalue weighted by molar-refractivity contribution is 14.1. The van der Waals surface area contributed by atoms with Crippen LogP contribution < -0.4 is 0 Å². The van der Waals surface area contributed by atoms with Crippen LogP contribution in [0.3, 0.4) is 0 Å². The summed E-state index contributed by atoms with van der Waals surface area (Å²) in [4.78, 5) is 7.45. The largest absolute Gasteiger partial charge is 0.338 e. The number of hydrogen-bond donors (Lipinski definition) is 1. The Morgan fingerprint density at radius 1 is 1.06 bits per heavy atom. The number of fused-ring (bicyclic) bond motifs is 1. The van der Waals surface area contributed by atoms with Gasteiger partial charge in [0.1, 0.15) is 11.3 Å². The lowest BCUT2D eigenvalue weighted by Gasteiger charge is -1.98. The van der Waals surface area contributed by atoms with Crippen molar-refractivity contribution in [3.8, 4) is 11.4 Å². The minimum absolute atomic E-state index is 0.295. The SMILES string of the molecule is Fc1cccc2[nH]c(-c3ccccc3I)nc12. The zero-order chi connectivity index (χ0) is 11.8. The molecule has 0 bridgehead atoms. The third kappa shape index (κ3) is 1.82. The van der Waals surface area contributed by atoms with Crippen LogP contribution in [0.15, 0.2) is 42.5 Å². The van der Waals surface area contributed by atoms with E-state index in [2.05, 4.69) is 32.6 Å². The van der Waals surface area contributed by atoms with Crippen LogP contribution >= 0.6 is 22.6 Å². The number of para-hydroxylation sites is 1. The average molecular weight is 338 g/mol. The molecule has 0 atom stereocenters. The van der Waals surface area contributed by atoms with Gasteiger partial charge in [-0.05, 0) is 40.8 Å². The summed E-state index contributed by atoms with van der Waals surface area (Å²) < 4.78 is 14.6. The van der Waals surface area contributed by atoms with Crippen LogP contribution in [0.25, 0.3) is 22.4 Å². The van der Waals surface area contributed by atoms with E-state index in [-0.39, 0.29) is 5.82 Å². The Bertz CT molecular complexity index is 691. The van der Waals surface area contributed by atoms with E-state index < -0.39 is 0 Å². The van der Waals surface area contributed by atoms with Crippen LogP contribution in [-0.4, -0.2) is 9.97 Å². The van der Waals surface area contributed by atoms with Gasteiger partial charge in [0, 0.05) is 9.13 Å². The van der Waals surface area contributed by atoms with Gasteiger partial charge in [0.25, 0.3) is 0 Å². The highest BCUT2D eigenvalue weighted by Gasteiger charge is 2.10. The van der Waals surface area contributed by atoms with E-state index in [0.29, 0.717) is 11.3 Å². The number of H-pyrrole nitrogens is 1. The van der Waals surface area contributed by atoms with Crippen molar-refractivity contribution < 1.29 is 4.39 Å². The second-order valence-electron chi connectivity index (χ2n) is 3.70. The van der Waals surface area contributed by atoms with E-state index in [1.54, 1.807) is 6.07 Å². The van der Waals surface area contributed by atoms with E-state index >= 15 is 0 Å². The third-order valence-electron chi connectivity index (χ3n) is 2.59. The average Bonchev–Trinajstić information content (AvgIpc) is 2.75. The van der Waals surface area contributed by atoms with Gasteiger partial charge in [0.05, 0.1) is 5.52 Å². The monoisotopic (exact) mass is 338 g/mol. The van der Waals surface area contributed by atoms with Crippen molar-refractivity contribution >= 4 is 33.6 Å². The lowest BCUT2D eigenvalue weighted by Crippen LogP contribution is -1.83. The summed E-state index contributed by atoms with van der Waals surface area (Å²) in [5.74, 6) is 0.408. The highest BCUT2D eigenvalue weighted by atomic mass is 127. The number of nitrogens with zero attached hydrogens (tertiary/aromatic N) is 1. The molecule has 1 N–H and O–H groups in total. The topological polar surface area (TPSA) is 28.7 Å². The van der Waals surface area contributed by atoms with Crippen molar-refractivity contribution in [2.45, 2.75) is 0 Å². The number of aromatic amines is 1. The molecule has 0 spiro atoms. The maximum absolute atomic E-state index is 13.5. The molecule has 0 aliphatic carbocycles. The first-order valence-corrected chi connectivity index (χ1v) is 6.23. The summed E-state index contributed by atoms with van der Waals surface area (Å²) >= 11 is 2.24.